The lowest BCUT2D eigenvalue weighted by atomic mass is 9.49. The molecule has 31 heavy (non-hydrogen) atoms. The van der Waals surface area contributed by atoms with Crippen LogP contribution in [0.4, 0.5) is 5.82 Å². The molecule has 4 bridgehead atoms. The van der Waals surface area contributed by atoms with Gasteiger partial charge in [0, 0.05) is 23.8 Å². The third-order valence-electron chi connectivity index (χ3n) is 8.17. The van der Waals surface area contributed by atoms with Crippen molar-refractivity contribution in [3.63, 3.8) is 0 Å². The Balaban J connectivity index is 1.18. The highest BCUT2D eigenvalue weighted by Gasteiger charge is 2.54. The number of carbonyl (C=O) groups is 1. The van der Waals surface area contributed by atoms with Crippen LogP contribution in [0, 0.1) is 48.3 Å². The van der Waals surface area contributed by atoms with Gasteiger partial charge in [0.1, 0.15) is 17.1 Å². The molecule has 4 aliphatic carbocycles. The zero-order valence-electron chi connectivity index (χ0n) is 18.7. The first-order chi connectivity index (χ1) is 15.0. The van der Waals surface area contributed by atoms with Gasteiger partial charge in [0.05, 0.1) is 6.54 Å². The molecule has 1 amide bonds. The van der Waals surface area contributed by atoms with Crippen molar-refractivity contribution < 1.29 is 9.78 Å². The molecule has 4 saturated carbocycles. The van der Waals surface area contributed by atoms with Crippen molar-refractivity contribution in [3.8, 4) is 6.07 Å². The first-order valence-corrected chi connectivity index (χ1v) is 11.9. The molecule has 0 aliphatic heterocycles. The quantitative estimate of drug-likeness (QED) is 0.689. The van der Waals surface area contributed by atoms with E-state index in [1.165, 1.54) is 30.4 Å². The molecule has 3 N–H and O–H groups in total. The first-order valence-electron chi connectivity index (χ1n) is 11.9. The molecule has 1 heterocycles. The van der Waals surface area contributed by atoms with E-state index >= 15 is 0 Å². The lowest BCUT2D eigenvalue weighted by Gasteiger charge is -2.55. The number of nitriles is 1. The van der Waals surface area contributed by atoms with Gasteiger partial charge >= 0.3 is 0 Å². The Labute approximate surface area is 184 Å². The second kappa shape index (κ2) is 7.82. The second-order valence-electron chi connectivity index (χ2n) is 10.4. The predicted octanol–water partition coefficient (Wildman–Crippen LogP) is 4.28. The van der Waals surface area contributed by atoms with Crippen LogP contribution >= 0.6 is 0 Å². The second-order valence-corrected chi connectivity index (χ2v) is 10.4. The summed E-state index contributed by atoms with van der Waals surface area (Å²) in [5.41, 5.74) is 4.04. The molecule has 0 unspecified atom stereocenters. The largest absolute Gasteiger partial charge is 0.355 e. The van der Waals surface area contributed by atoms with Gasteiger partial charge in [0.15, 0.2) is 0 Å². The maximum Gasteiger partial charge on any atom is 0.290 e. The SMILES string of the molecule is Cc1ccc2cc(C#N)c(NCCCNC(=O)C34CC5CC(CC(C5)C3)C4)[nH+]c2c1C. The van der Waals surface area contributed by atoms with Gasteiger partial charge in [0.25, 0.3) is 5.82 Å². The molecule has 4 aliphatic rings. The fourth-order valence-corrected chi connectivity index (χ4v) is 6.85. The number of nitrogens with one attached hydrogen (secondary N) is 3. The van der Waals surface area contributed by atoms with E-state index < -0.39 is 0 Å². The van der Waals surface area contributed by atoms with Crippen LogP contribution in [0.2, 0.25) is 0 Å². The molecule has 0 spiro atoms. The van der Waals surface area contributed by atoms with Gasteiger partial charge in [-0.3, -0.25) is 10.1 Å². The Bertz CT molecular complexity index is 1030. The molecule has 2 aromatic rings. The van der Waals surface area contributed by atoms with Crippen molar-refractivity contribution in [2.45, 2.75) is 58.8 Å². The van der Waals surface area contributed by atoms with E-state index in [9.17, 15) is 10.1 Å². The molecule has 5 heteroatoms. The van der Waals surface area contributed by atoms with Crippen molar-refractivity contribution >= 4 is 22.6 Å². The number of hydrogen-bond acceptors (Lipinski definition) is 3. The Morgan fingerprint density at radius 1 is 1.13 bits per heavy atom. The topological polar surface area (TPSA) is 79.1 Å². The molecule has 5 nitrogen and oxygen atoms in total. The van der Waals surface area contributed by atoms with Crippen LogP contribution in [-0.2, 0) is 4.79 Å². The summed E-state index contributed by atoms with van der Waals surface area (Å²) in [6, 6.07) is 8.38. The summed E-state index contributed by atoms with van der Waals surface area (Å²) in [4.78, 5) is 16.5. The summed E-state index contributed by atoms with van der Waals surface area (Å²) in [5.74, 6) is 3.43. The smallest absolute Gasteiger partial charge is 0.290 e. The van der Waals surface area contributed by atoms with Crippen LogP contribution < -0.4 is 15.6 Å². The maximum atomic E-state index is 13.1. The molecule has 1 aromatic heterocycles. The van der Waals surface area contributed by atoms with Gasteiger partial charge in [-0.05, 0) is 87.3 Å². The van der Waals surface area contributed by atoms with Crippen molar-refractivity contribution in [2.24, 2.45) is 23.2 Å². The van der Waals surface area contributed by atoms with E-state index in [0.29, 0.717) is 24.6 Å². The summed E-state index contributed by atoms with van der Waals surface area (Å²) < 4.78 is 0. The number of aryl methyl sites for hydroxylation is 2. The maximum absolute atomic E-state index is 13.1. The number of fused-ring (bicyclic) bond motifs is 1. The molecule has 6 rings (SSSR count). The third kappa shape index (κ3) is 3.67. The summed E-state index contributed by atoms with van der Waals surface area (Å²) in [5, 5.41) is 17.2. The Hall–Kier alpha value is -2.61. The highest BCUT2D eigenvalue weighted by atomic mass is 16.2. The Kier molecular flexibility index (Phi) is 5.12. The van der Waals surface area contributed by atoms with Crippen molar-refractivity contribution in [1.29, 1.82) is 5.26 Å². The highest BCUT2D eigenvalue weighted by molar-refractivity contribution is 5.83. The van der Waals surface area contributed by atoms with Gasteiger partial charge in [-0.1, -0.05) is 12.1 Å². The van der Waals surface area contributed by atoms with Crippen LogP contribution in [0.1, 0.15) is 61.6 Å². The van der Waals surface area contributed by atoms with Gasteiger partial charge in [-0.15, -0.1) is 0 Å². The normalized spacial score (nSPS) is 28.5. The van der Waals surface area contributed by atoms with Crippen molar-refractivity contribution in [2.75, 3.05) is 18.4 Å². The van der Waals surface area contributed by atoms with E-state index in [1.54, 1.807) is 0 Å². The van der Waals surface area contributed by atoms with Crippen LogP contribution in [-0.4, -0.2) is 19.0 Å². The summed E-state index contributed by atoms with van der Waals surface area (Å²) >= 11 is 0. The zero-order valence-corrected chi connectivity index (χ0v) is 18.7. The average Bonchev–Trinajstić information content (AvgIpc) is 2.75. The monoisotopic (exact) mass is 417 g/mol. The van der Waals surface area contributed by atoms with E-state index in [1.807, 2.05) is 6.07 Å². The lowest BCUT2D eigenvalue weighted by Crippen LogP contribution is -2.53. The average molecular weight is 418 g/mol. The minimum absolute atomic E-state index is 0.0718. The van der Waals surface area contributed by atoms with Crippen LogP contribution in [0.5, 0.6) is 0 Å². The zero-order chi connectivity index (χ0) is 21.6. The Morgan fingerprint density at radius 2 is 1.81 bits per heavy atom. The Morgan fingerprint density at radius 3 is 2.45 bits per heavy atom. The predicted molar refractivity (Wildman–Crippen MR) is 121 cm³/mol. The van der Waals surface area contributed by atoms with E-state index in [0.717, 1.165) is 60.2 Å². The van der Waals surface area contributed by atoms with Gasteiger partial charge in [-0.2, -0.15) is 5.26 Å². The standard InChI is InChI=1S/C26H32N4O/c1-16-4-5-21-11-22(15-27)24(30-23(21)17(16)2)28-6-3-7-29-25(31)26-12-18-8-19(13-26)10-20(9-18)14-26/h4-5,11,18-20H,3,6-10,12-14H2,1-2H3,(H,28,30)(H,29,31)/p+1. The fraction of sp³-hybridized carbons (Fsp3) is 0.577. The van der Waals surface area contributed by atoms with E-state index in [2.05, 4.69) is 47.7 Å². The summed E-state index contributed by atoms with van der Waals surface area (Å²) in [6.07, 6.45) is 8.25. The van der Waals surface area contributed by atoms with E-state index in [4.69, 9.17) is 0 Å². The number of nitrogens with zero attached hydrogens (tertiary/aromatic N) is 1. The number of hydrogen-bond donors (Lipinski definition) is 2. The number of benzene rings is 1. The molecule has 0 saturated heterocycles. The number of anilines is 1. The summed E-state index contributed by atoms with van der Waals surface area (Å²) in [7, 11) is 0. The number of carbonyl (C=O) groups excluding carboxylic acids is 1. The van der Waals surface area contributed by atoms with Crippen molar-refractivity contribution in [3.05, 3.63) is 34.9 Å². The first kappa shape index (κ1) is 20.3. The number of H-pyrrole nitrogens is 1. The molecule has 1 aromatic carbocycles. The number of amides is 1. The van der Waals surface area contributed by atoms with Crippen LogP contribution in [0.25, 0.3) is 10.9 Å². The van der Waals surface area contributed by atoms with Gasteiger partial charge in [0.2, 0.25) is 5.91 Å². The molecular weight excluding hydrogens is 384 g/mol. The molecule has 162 valence electrons. The fourth-order valence-electron chi connectivity index (χ4n) is 6.85. The number of aromatic nitrogens is 1. The number of pyridine rings is 1. The van der Waals surface area contributed by atoms with Gasteiger partial charge in [-0.25, -0.2) is 4.98 Å². The number of aromatic amines is 1. The minimum Gasteiger partial charge on any atom is -0.355 e. The highest BCUT2D eigenvalue weighted by Crippen LogP contribution is 2.60. The van der Waals surface area contributed by atoms with Gasteiger partial charge < -0.3 is 5.32 Å². The molecule has 0 radical (unpaired) electrons. The summed E-state index contributed by atoms with van der Waals surface area (Å²) in [6.45, 7) is 5.59. The van der Waals surface area contributed by atoms with Crippen LogP contribution in [0.15, 0.2) is 18.2 Å². The molecule has 0 atom stereocenters. The van der Waals surface area contributed by atoms with Crippen LogP contribution in [0.3, 0.4) is 0 Å². The van der Waals surface area contributed by atoms with Crippen molar-refractivity contribution in [1.82, 2.24) is 5.32 Å². The third-order valence-corrected chi connectivity index (χ3v) is 8.17. The molecular formula is C26H33N4O+. The minimum atomic E-state index is -0.0718. The number of rotatable bonds is 6. The molecule has 4 fully saturated rings. The van der Waals surface area contributed by atoms with E-state index in [-0.39, 0.29) is 5.41 Å². The lowest BCUT2D eigenvalue weighted by molar-refractivity contribution is -0.328.